The van der Waals surface area contributed by atoms with Crippen LogP contribution in [-0.2, 0) is 11.2 Å². The number of nitrogens with zero attached hydrogens (tertiary/aromatic N) is 1. The average Bonchev–Trinajstić information content (AvgIpc) is 2.78. The van der Waals surface area contributed by atoms with Crippen molar-refractivity contribution in [2.24, 2.45) is 5.16 Å². The molecule has 18 heavy (non-hydrogen) atoms. The molecule has 0 saturated carbocycles. The summed E-state index contributed by atoms with van der Waals surface area (Å²) in [6.45, 7) is 2.74. The van der Waals surface area contributed by atoms with Crippen molar-refractivity contribution < 1.29 is 14.7 Å². The van der Waals surface area contributed by atoms with Gasteiger partial charge in [-0.05, 0) is 43.5 Å². The second-order valence-electron chi connectivity index (χ2n) is 4.58. The number of fused-ring (bicyclic) bond motifs is 1. The zero-order chi connectivity index (χ0) is 13.0. The van der Waals surface area contributed by atoms with Gasteiger partial charge in [0.15, 0.2) is 0 Å². The minimum Gasteiger partial charge on any atom is -0.491 e. The van der Waals surface area contributed by atoms with Gasteiger partial charge >= 0.3 is 0 Å². The molecular weight excluding hydrogens is 230 g/mol. The van der Waals surface area contributed by atoms with Gasteiger partial charge in [-0.25, -0.2) is 0 Å². The van der Waals surface area contributed by atoms with Gasteiger partial charge in [-0.3, -0.25) is 0 Å². The summed E-state index contributed by atoms with van der Waals surface area (Å²) in [6.07, 6.45) is 2.72. The van der Waals surface area contributed by atoms with Gasteiger partial charge in [-0.2, -0.15) is 0 Å². The summed E-state index contributed by atoms with van der Waals surface area (Å²) in [5.41, 5.74) is 3.00. The molecule has 1 aliphatic rings. The van der Waals surface area contributed by atoms with E-state index in [1.165, 1.54) is 5.56 Å². The molecule has 1 aliphatic carbocycles. The first-order valence-corrected chi connectivity index (χ1v) is 6.24. The van der Waals surface area contributed by atoms with Crippen LogP contribution in [0.25, 0.3) is 0 Å². The Balaban J connectivity index is 2.04. The van der Waals surface area contributed by atoms with Crippen LogP contribution in [-0.4, -0.2) is 30.7 Å². The molecule has 0 fully saturated rings. The Morgan fingerprint density at radius 3 is 2.94 bits per heavy atom. The lowest BCUT2D eigenvalue weighted by Crippen LogP contribution is -2.14. The summed E-state index contributed by atoms with van der Waals surface area (Å²) in [4.78, 5) is 0. The highest BCUT2D eigenvalue weighted by Crippen LogP contribution is 2.27. The van der Waals surface area contributed by atoms with Gasteiger partial charge in [0.05, 0.1) is 11.8 Å². The standard InChI is InChI=1S/C14H19NO3/c1-10(7-8-17-2)18-12-4-5-13-11(9-12)3-6-14(13)15-16/h4-5,9-10,16H,3,6-8H2,1-2H3/b15-14+. The summed E-state index contributed by atoms with van der Waals surface area (Å²) in [6, 6.07) is 5.94. The van der Waals surface area contributed by atoms with Crippen molar-refractivity contribution >= 4 is 5.71 Å². The fourth-order valence-corrected chi connectivity index (χ4v) is 2.20. The van der Waals surface area contributed by atoms with E-state index in [0.717, 1.165) is 36.3 Å². The molecule has 1 unspecified atom stereocenters. The van der Waals surface area contributed by atoms with Crippen molar-refractivity contribution in [1.29, 1.82) is 0 Å². The molecule has 0 heterocycles. The van der Waals surface area contributed by atoms with Gasteiger partial charge in [-0.15, -0.1) is 0 Å². The predicted octanol–water partition coefficient (Wildman–Crippen LogP) is 2.61. The molecular formula is C14H19NO3. The van der Waals surface area contributed by atoms with Crippen LogP contribution in [0.15, 0.2) is 23.4 Å². The first-order valence-electron chi connectivity index (χ1n) is 6.24. The number of rotatable bonds is 5. The Kier molecular flexibility index (Phi) is 4.20. The fraction of sp³-hybridized carbons (Fsp3) is 0.500. The van der Waals surface area contributed by atoms with Gasteiger partial charge < -0.3 is 14.7 Å². The van der Waals surface area contributed by atoms with Crippen LogP contribution in [0.4, 0.5) is 0 Å². The first-order chi connectivity index (χ1) is 8.74. The maximum absolute atomic E-state index is 8.87. The quantitative estimate of drug-likeness (QED) is 0.644. The molecule has 0 saturated heterocycles. The van der Waals surface area contributed by atoms with Crippen LogP contribution < -0.4 is 4.74 Å². The van der Waals surface area contributed by atoms with Crippen LogP contribution in [0.1, 0.15) is 30.9 Å². The normalized spacial score (nSPS) is 17.8. The van der Waals surface area contributed by atoms with Crippen LogP contribution >= 0.6 is 0 Å². The number of ether oxygens (including phenoxy) is 2. The Morgan fingerprint density at radius 2 is 2.22 bits per heavy atom. The monoisotopic (exact) mass is 249 g/mol. The van der Waals surface area contributed by atoms with E-state index in [-0.39, 0.29) is 6.10 Å². The van der Waals surface area contributed by atoms with E-state index in [9.17, 15) is 0 Å². The lowest BCUT2D eigenvalue weighted by atomic mass is 10.1. The lowest BCUT2D eigenvalue weighted by Gasteiger charge is -2.15. The van der Waals surface area contributed by atoms with Crippen molar-refractivity contribution in [2.75, 3.05) is 13.7 Å². The van der Waals surface area contributed by atoms with E-state index < -0.39 is 0 Å². The fourth-order valence-electron chi connectivity index (χ4n) is 2.20. The number of hydrogen-bond acceptors (Lipinski definition) is 4. The van der Waals surface area contributed by atoms with Gasteiger partial charge in [0, 0.05) is 25.7 Å². The first kappa shape index (κ1) is 12.9. The summed E-state index contributed by atoms with van der Waals surface area (Å²) in [5.74, 6) is 0.872. The summed E-state index contributed by atoms with van der Waals surface area (Å²) < 4.78 is 10.9. The SMILES string of the molecule is COCCC(C)Oc1ccc2c(c1)CC/C2=N\O. The van der Waals surface area contributed by atoms with E-state index >= 15 is 0 Å². The Bertz CT molecular complexity index is 443. The van der Waals surface area contributed by atoms with E-state index in [1.807, 2.05) is 25.1 Å². The zero-order valence-electron chi connectivity index (χ0n) is 10.8. The molecule has 0 amide bonds. The molecule has 0 radical (unpaired) electrons. The molecule has 0 aromatic heterocycles. The van der Waals surface area contributed by atoms with E-state index in [0.29, 0.717) is 6.61 Å². The largest absolute Gasteiger partial charge is 0.491 e. The molecule has 0 spiro atoms. The van der Waals surface area contributed by atoms with Gasteiger partial charge in [0.2, 0.25) is 0 Å². The number of aryl methyl sites for hydroxylation is 1. The van der Waals surface area contributed by atoms with Gasteiger partial charge in [0.25, 0.3) is 0 Å². The molecule has 1 N–H and O–H groups in total. The Hall–Kier alpha value is -1.55. The Labute approximate surface area is 107 Å². The minimum absolute atomic E-state index is 0.135. The third-order valence-electron chi connectivity index (χ3n) is 3.21. The maximum atomic E-state index is 8.87. The second-order valence-corrected chi connectivity index (χ2v) is 4.58. The van der Waals surface area contributed by atoms with Gasteiger partial charge in [-0.1, -0.05) is 5.16 Å². The molecule has 4 heteroatoms. The summed E-state index contributed by atoms with van der Waals surface area (Å²) in [7, 11) is 1.69. The highest BCUT2D eigenvalue weighted by atomic mass is 16.5. The van der Waals surface area contributed by atoms with E-state index in [4.69, 9.17) is 14.7 Å². The summed E-state index contributed by atoms with van der Waals surface area (Å²) in [5, 5.41) is 12.2. The zero-order valence-corrected chi connectivity index (χ0v) is 10.8. The molecule has 1 aromatic rings. The van der Waals surface area contributed by atoms with Crippen molar-refractivity contribution in [3.63, 3.8) is 0 Å². The highest BCUT2D eigenvalue weighted by Gasteiger charge is 2.19. The number of methoxy groups -OCH3 is 1. The molecule has 1 aromatic carbocycles. The Morgan fingerprint density at radius 1 is 1.39 bits per heavy atom. The highest BCUT2D eigenvalue weighted by molar-refractivity contribution is 6.04. The molecule has 0 bridgehead atoms. The minimum atomic E-state index is 0.135. The molecule has 0 aliphatic heterocycles. The number of benzene rings is 1. The van der Waals surface area contributed by atoms with Crippen molar-refractivity contribution in [1.82, 2.24) is 0 Å². The predicted molar refractivity (Wildman–Crippen MR) is 69.7 cm³/mol. The topological polar surface area (TPSA) is 51.0 Å². The molecule has 2 rings (SSSR count). The third kappa shape index (κ3) is 2.82. The van der Waals surface area contributed by atoms with Crippen molar-refractivity contribution in [3.8, 4) is 5.75 Å². The van der Waals surface area contributed by atoms with Crippen LogP contribution in [0, 0.1) is 0 Å². The molecule has 1 atom stereocenters. The smallest absolute Gasteiger partial charge is 0.120 e. The average molecular weight is 249 g/mol. The second kappa shape index (κ2) is 5.87. The van der Waals surface area contributed by atoms with Crippen LogP contribution in [0.5, 0.6) is 5.75 Å². The van der Waals surface area contributed by atoms with E-state index in [1.54, 1.807) is 7.11 Å². The number of oxime groups is 1. The lowest BCUT2D eigenvalue weighted by molar-refractivity contribution is 0.135. The summed E-state index contributed by atoms with van der Waals surface area (Å²) >= 11 is 0. The van der Waals surface area contributed by atoms with Crippen molar-refractivity contribution in [2.45, 2.75) is 32.3 Å². The number of hydrogen-bond donors (Lipinski definition) is 1. The molecule has 4 nitrogen and oxygen atoms in total. The maximum Gasteiger partial charge on any atom is 0.120 e. The molecule has 98 valence electrons. The third-order valence-corrected chi connectivity index (χ3v) is 3.21. The van der Waals surface area contributed by atoms with Crippen molar-refractivity contribution in [3.05, 3.63) is 29.3 Å². The van der Waals surface area contributed by atoms with Crippen LogP contribution in [0.2, 0.25) is 0 Å². The van der Waals surface area contributed by atoms with Gasteiger partial charge in [0.1, 0.15) is 5.75 Å². The van der Waals surface area contributed by atoms with E-state index in [2.05, 4.69) is 5.16 Å². The van der Waals surface area contributed by atoms with Crippen LogP contribution in [0.3, 0.4) is 0 Å².